The van der Waals surface area contributed by atoms with Gasteiger partial charge in [0.1, 0.15) is 11.6 Å². The van der Waals surface area contributed by atoms with E-state index >= 15 is 0 Å². The first-order valence-corrected chi connectivity index (χ1v) is 6.38. The zero-order valence-electron chi connectivity index (χ0n) is 10.5. The minimum absolute atomic E-state index is 0.0371. The van der Waals surface area contributed by atoms with Gasteiger partial charge in [-0.05, 0) is 6.07 Å². The number of carbonyl (C=O) groups is 1. The van der Waals surface area contributed by atoms with Crippen LogP contribution in [0.2, 0.25) is 0 Å². The van der Waals surface area contributed by atoms with Gasteiger partial charge in [0.2, 0.25) is 5.91 Å². The molecule has 19 heavy (non-hydrogen) atoms. The molecule has 2 N–H and O–H groups in total. The molecule has 1 saturated heterocycles. The fourth-order valence-electron chi connectivity index (χ4n) is 2.21. The number of ether oxygens (including phenoxy) is 1. The summed E-state index contributed by atoms with van der Waals surface area (Å²) in [6.45, 7) is 2.27. The quantitative estimate of drug-likeness (QED) is 0.865. The van der Waals surface area contributed by atoms with Gasteiger partial charge in [0.25, 0.3) is 0 Å². The van der Waals surface area contributed by atoms with Crippen molar-refractivity contribution in [3.63, 3.8) is 0 Å². The largest absolute Gasteiger partial charge is 0.464 e. The second kappa shape index (κ2) is 5.42. The highest BCUT2D eigenvalue weighted by Crippen LogP contribution is 2.20. The summed E-state index contributed by atoms with van der Waals surface area (Å²) >= 11 is 0. The molecule has 1 aromatic heterocycles. The van der Waals surface area contributed by atoms with E-state index < -0.39 is 0 Å². The van der Waals surface area contributed by atoms with Gasteiger partial charge in [-0.2, -0.15) is 0 Å². The molecule has 0 radical (unpaired) electrons. The first kappa shape index (κ1) is 12.2. The number of hydrogen-bond donors (Lipinski definition) is 2. The van der Waals surface area contributed by atoms with Gasteiger partial charge in [-0.1, -0.05) is 18.2 Å². The maximum Gasteiger partial charge on any atom is 0.239 e. The van der Waals surface area contributed by atoms with Gasteiger partial charge in [0.05, 0.1) is 19.5 Å². The Morgan fingerprint density at radius 2 is 2.32 bits per heavy atom. The Balaban J connectivity index is 1.64. The molecule has 1 atom stereocenters. The second-order valence-corrected chi connectivity index (χ2v) is 4.56. The molecule has 1 fully saturated rings. The van der Waals surface area contributed by atoms with Gasteiger partial charge in [-0.3, -0.25) is 4.79 Å². The van der Waals surface area contributed by atoms with E-state index in [-0.39, 0.29) is 11.9 Å². The van der Waals surface area contributed by atoms with Crippen molar-refractivity contribution in [2.75, 3.05) is 19.8 Å². The Morgan fingerprint density at radius 1 is 1.42 bits per heavy atom. The molecule has 100 valence electrons. The highest BCUT2D eigenvalue weighted by molar-refractivity contribution is 5.84. The molecule has 0 saturated carbocycles. The third-order valence-corrected chi connectivity index (χ3v) is 3.25. The van der Waals surface area contributed by atoms with Crippen molar-refractivity contribution in [2.45, 2.75) is 12.6 Å². The van der Waals surface area contributed by atoms with Crippen molar-refractivity contribution in [2.24, 2.45) is 0 Å². The number of rotatable bonds is 3. The van der Waals surface area contributed by atoms with Crippen LogP contribution in [0.1, 0.15) is 5.56 Å². The van der Waals surface area contributed by atoms with Crippen LogP contribution < -0.4 is 10.6 Å². The first-order valence-electron chi connectivity index (χ1n) is 6.38. The minimum Gasteiger partial charge on any atom is -0.464 e. The van der Waals surface area contributed by atoms with Crippen LogP contribution >= 0.6 is 0 Å². The number of furan rings is 1. The monoisotopic (exact) mass is 260 g/mol. The van der Waals surface area contributed by atoms with Crippen molar-refractivity contribution in [1.29, 1.82) is 0 Å². The van der Waals surface area contributed by atoms with Gasteiger partial charge in [0.15, 0.2) is 0 Å². The molecule has 5 nitrogen and oxygen atoms in total. The molecule has 3 rings (SSSR count). The zero-order valence-corrected chi connectivity index (χ0v) is 10.5. The smallest absolute Gasteiger partial charge is 0.239 e. The molecule has 1 aromatic carbocycles. The van der Waals surface area contributed by atoms with E-state index in [2.05, 4.69) is 10.6 Å². The van der Waals surface area contributed by atoms with E-state index in [0.29, 0.717) is 26.3 Å². The number of hydrogen-bond acceptors (Lipinski definition) is 4. The third kappa shape index (κ3) is 2.62. The first-order chi connectivity index (χ1) is 9.34. The van der Waals surface area contributed by atoms with Crippen molar-refractivity contribution < 1.29 is 13.9 Å². The Morgan fingerprint density at radius 3 is 3.16 bits per heavy atom. The van der Waals surface area contributed by atoms with Crippen LogP contribution in [0.5, 0.6) is 0 Å². The summed E-state index contributed by atoms with van der Waals surface area (Å²) in [5.74, 6) is -0.0371. The highest BCUT2D eigenvalue weighted by atomic mass is 16.5. The zero-order chi connectivity index (χ0) is 13.1. The summed E-state index contributed by atoms with van der Waals surface area (Å²) in [6.07, 6.45) is 1.69. The summed E-state index contributed by atoms with van der Waals surface area (Å²) in [6, 6.07) is 7.53. The van der Waals surface area contributed by atoms with Gasteiger partial charge >= 0.3 is 0 Å². The summed E-state index contributed by atoms with van der Waals surface area (Å²) < 4.78 is 10.7. The standard InChI is InChI=1S/C14H16N2O3/c17-14(12-9-18-6-5-15-12)16-7-10-8-19-13-4-2-1-3-11(10)13/h1-4,8,12,15H,5-7,9H2,(H,16,17). The Labute approximate surface area is 110 Å². The van der Waals surface area contributed by atoms with Crippen LogP contribution in [-0.2, 0) is 16.1 Å². The Bertz CT molecular complexity index is 573. The van der Waals surface area contributed by atoms with E-state index in [1.807, 2.05) is 24.3 Å². The predicted octanol–water partition coefficient (Wildman–Crippen LogP) is 1.04. The number of fused-ring (bicyclic) bond motifs is 1. The number of morpholine rings is 1. The van der Waals surface area contributed by atoms with Gasteiger partial charge < -0.3 is 19.8 Å². The van der Waals surface area contributed by atoms with Crippen LogP contribution in [0.4, 0.5) is 0 Å². The maximum absolute atomic E-state index is 11.9. The van der Waals surface area contributed by atoms with E-state index in [0.717, 1.165) is 16.5 Å². The van der Waals surface area contributed by atoms with E-state index in [9.17, 15) is 4.79 Å². The molecule has 2 aromatic rings. The molecule has 1 aliphatic heterocycles. The van der Waals surface area contributed by atoms with Gasteiger partial charge in [-0.25, -0.2) is 0 Å². The van der Waals surface area contributed by atoms with Gasteiger partial charge in [0, 0.05) is 24.0 Å². The average Bonchev–Trinajstić information content (AvgIpc) is 2.89. The topological polar surface area (TPSA) is 63.5 Å². The molecule has 2 heterocycles. The average molecular weight is 260 g/mol. The summed E-state index contributed by atoms with van der Waals surface area (Å²) in [5.41, 5.74) is 1.83. The van der Waals surface area contributed by atoms with Crippen molar-refractivity contribution in [3.8, 4) is 0 Å². The molecule has 0 bridgehead atoms. The molecule has 1 unspecified atom stereocenters. The van der Waals surface area contributed by atoms with E-state index in [1.165, 1.54) is 0 Å². The number of benzene rings is 1. The lowest BCUT2D eigenvalue weighted by atomic mass is 10.1. The molecule has 1 amide bonds. The van der Waals surface area contributed by atoms with Crippen molar-refractivity contribution in [1.82, 2.24) is 10.6 Å². The van der Waals surface area contributed by atoms with Crippen LogP contribution in [0, 0.1) is 0 Å². The number of para-hydroxylation sites is 1. The number of amides is 1. The van der Waals surface area contributed by atoms with Crippen molar-refractivity contribution in [3.05, 3.63) is 36.1 Å². The fourth-order valence-corrected chi connectivity index (χ4v) is 2.21. The van der Waals surface area contributed by atoms with Crippen LogP contribution in [-0.4, -0.2) is 31.7 Å². The third-order valence-electron chi connectivity index (χ3n) is 3.25. The predicted molar refractivity (Wildman–Crippen MR) is 70.7 cm³/mol. The number of carbonyl (C=O) groups excluding carboxylic acids is 1. The SMILES string of the molecule is O=C(NCc1coc2ccccc12)C1COCCN1. The molecule has 1 aliphatic rings. The lowest BCUT2D eigenvalue weighted by Gasteiger charge is -2.22. The fraction of sp³-hybridized carbons (Fsp3) is 0.357. The molecule has 5 heteroatoms. The van der Waals surface area contributed by atoms with Crippen LogP contribution in [0.15, 0.2) is 34.9 Å². The molecular weight excluding hydrogens is 244 g/mol. The Kier molecular flexibility index (Phi) is 3.48. The lowest BCUT2D eigenvalue weighted by molar-refractivity contribution is -0.126. The summed E-state index contributed by atoms with van der Waals surface area (Å²) in [4.78, 5) is 11.9. The summed E-state index contributed by atoms with van der Waals surface area (Å²) in [7, 11) is 0. The van der Waals surface area contributed by atoms with Crippen LogP contribution in [0.3, 0.4) is 0 Å². The summed E-state index contributed by atoms with van der Waals surface area (Å²) in [5, 5.41) is 7.07. The molecule has 0 spiro atoms. The minimum atomic E-state index is -0.257. The number of nitrogens with one attached hydrogen (secondary N) is 2. The Hall–Kier alpha value is -1.85. The van der Waals surface area contributed by atoms with Gasteiger partial charge in [-0.15, -0.1) is 0 Å². The van der Waals surface area contributed by atoms with Crippen molar-refractivity contribution >= 4 is 16.9 Å². The molecular formula is C14H16N2O3. The van der Waals surface area contributed by atoms with E-state index in [1.54, 1.807) is 6.26 Å². The lowest BCUT2D eigenvalue weighted by Crippen LogP contribution is -2.51. The second-order valence-electron chi connectivity index (χ2n) is 4.56. The van der Waals surface area contributed by atoms with E-state index in [4.69, 9.17) is 9.15 Å². The highest BCUT2D eigenvalue weighted by Gasteiger charge is 2.20. The van der Waals surface area contributed by atoms with Crippen LogP contribution in [0.25, 0.3) is 11.0 Å². The molecule has 0 aliphatic carbocycles. The maximum atomic E-state index is 11.9. The normalized spacial score (nSPS) is 19.5.